The molecule has 0 spiro atoms. The molecule has 6 N–H and O–H groups in total. The summed E-state index contributed by atoms with van der Waals surface area (Å²) in [4.78, 5) is 26.2. The molecule has 0 radical (unpaired) electrons. The van der Waals surface area contributed by atoms with E-state index in [0.717, 1.165) is 34.0 Å². The number of benzene rings is 3. The molecule has 0 aliphatic carbocycles. The minimum atomic E-state index is -2.34. The quantitative estimate of drug-likeness (QED) is 0.250. The number of carbonyl (C=O) groups excluding carboxylic acids is 2. The first-order chi connectivity index (χ1) is 17.6. The topological polar surface area (TPSA) is 148 Å². The zero-order valence-corrected chi connectivity index (χ0v) is 21.1. The summed E-state index contributed by atoms with van der Waals surface area (Å²) in [6, 6.07) is 18.4. The van der Waals surface area contributed by atoms with Gasteiger partial charge in [0.25, 0.3) is 17.5 Å². The van der Waals surface area contributed by atoms with E-state index in [1.807, 2.05) is 24.3 Å². The van der Waals surface area contributed by atoms with Gasteiger partial charge in [-0.15, -0.1) is 0 Å². The van der Waals surface area contributed by atoms with Crippen molar-refractivity contribution in [1.29, 1.82) is 0 Å². The predicted molar refractivity (Wildman–Crippen MR) is 139 cm³/mol. The van der Waals surface area contributed by atoms with Crippen LogP contribution in [0.15, 0.2) is 54.6 Å². The van der Waals surface area contributed by atoms with Crippen LogP contribution in [-0.2, 0) is 20.1 Å². The third-order valence-electron chi connectivity index (χ3n) is 7.42. The van der Waals surface area contributed by atoms with Crippen molar-refractivity contribution >= 4 is 45.1 Å². The van der Waals surface area contributed by atoms with Gasteiger partial charge in [0.1, 0.15) is 11.7 Å². The van der Waals surface area contributed by atoms with Gasteiger partial charge in [0, 0.05) is 17.4 Å². The molecule has 3 heterocycles. The molecule has 9 nitrogen and oxygen atoms in total. The van der Waals surface area contributed by atoms with E-state index in [2.05, 4.69) is 41.0 Å². The lowest BCUT2D eigenvalue weighted by molar-refractivity contribution is -0.240. The highest BCUT2D eigenvalue weighted by Crippen LogP contribution is 2.37. The molecule has 5 atom stereocenters. The number of piperazine rings is 1. The zero-order valence-electron chi connectivity index (χ0n) is 20.3. The number of carbonyl (C=O) groups is 2. The minimum absolute atomic E-state index is 0.0724. The Labute approximate surface area is 217 Å². The number of hydrogen-bond acceptors (Lipinski definition) is 8. The Kier molecular flexibility index (Phi) is 6.68. The van der Waals surface area contributed by atoms with E-state index in [9.17, 15) is 30.0 Å². The molecule has 3 aliphatic rings. The molecule has 3 aliphatic heterocycles. The van der Waals surface area contributed by atoms with Gasteiger partial charge in [-0.05, 0) is 46.5 Å². The van der Waals surface area contributed by atoms with E-state index < -0.39 is 47.5 Å². The van der Waals surface area contributed by atoms with Crippen molar-refractivity contribution in [3.63, 3.8) is 0 Å². The first kappa shape index (κ1) is 25.9. The molecular formula is C27H30N2O7S. The molecule has 3 fully saturated rings. The fourth-order valence-corrected chi connectivity index (χ4v) is 6.50. The fourth-order valence-electron chi connectivity index (χ4n) is 5.17. The average Bonchev–Trinajstić information content (AvgIpc) is 2.88. The molecule has 0 aromatic heterocycles. The standard InChI is InChI=1S/C27H30N2O7S/c1-25(34,15-30)22(31)27-24(33)28-26(35,23(32)29-27)18(10-11-36-27)13-37-14-21-19-8-4-2-6-16(19)12-17-7-3-5-9-20(17)21/h2-9,12,18,22,30-31,34-35H,10-11,13-15H2,1H3,(H,28,33)(H,29,32)/t18?,22-,25-,26+,27-/m0/s1. The van der Waals surface area contributed by atoms with Crippen LogP contribution in [0, 0.1) is 5.92 Å². The second-order valence-electron chi connectivity index (χ2n) is 9.97. The van der Waals surface area contributed by atoms with Crippen molar-refractivity contribution in [2.45, 2.75) is 42.3 Å². The highest BCUT2D eigenvalue weighted by atomic mass is 32.2. The number of aliphatic hydroxyl groups is 4. The SMILES string of the molecule is C[C@](O)(CO)[C@H](O)[C@@]12NC(=O)[C@@](O)(NC1=O)C(CSCc1c3ccccc3cc3ccccc13)CCO2. The van der Waals surface area contributed by atoms with Crippen LogP contribution in [0.3, 0.4) is 0 Å². The summed E-state index contributed by atoms with van der Waals surface area (Å²) in [7, 11) is 0. The number of fused-ring (bicyclic) bond motifs is 7. The second kappa shape index (κ2) is 9.54. The molecule has 37 heavy (non-hydrogen) atoms. The van der Waals surface area contributed by atoms with Gasteiger partial charge in [0.05, 0.1) is 13.2 Å². The molecule has 10 heteroatoms. The van der Waals surface area contributed by atoms with E-state index in [1.54, 1.807) is 11.8 Å². The average molecular weight is 527 g/mol. The van der Waals surface area contributed by atoms with Crippen LogP contribution in [0.25, 0.3) is 21.5 Å². The third kappa shape index (κ3) is 4.27. The summed E-state index contributed by atoms with van der Waals surface area (Å²) >= 11 is 1.54. The Morgan fingerprint density at radius 3 is 2.32 bits per heavy atom. The van der Waals surface area contributed by atoms with E-state index in [-0.39, 0.29) is 13.0 Å². The summed E-state index contributed by atoms with van der Waals surface area (Å²) in [5, 5.41) is 50.9. The van der Waals surface area contributed by atoms with Crippen molar-refractivity contribution in [3.8, 4) is 0 Å². The Morgan fingerprint density at radius 1 is 1.08 bits per heavy atom. The maximum Gasteiger partial charge on any atom is 0.278 e. The monoisotopic (exact) mass is 526 g/mol. The van der Waals surface area contributed by atoms with Crippen LogP contribution in [0.2, 0.25) is 0 Å². The molecule has 6 rings (SSSR count). The lowest BCUT2D eigenvalue weighted by Crippen LogP contribution is -2.83. The van der Waals surface area contributed by atoms with Crippen molar-refractivity contribution in [3.05, 3.63) is 60.2 Å². The maximum atomic E-state index is 13.1. The van der Waals surface area contributed by atoms with Crippen LogP contribution in [0.1, 0.15) is 18.9 Å². The summed E-state index contributed by atoms with van der Waals surface area (Å²) in [5.41, 5.74) is -5.55. The Morgan fingerprint density at radius 2 is 1.70 bits per heavy atom. The van der Waals surface area contributed by atoms with Crippen molar-refractivity contribution < 1.29 is 34.8 Å². The summed E-state index contributed by atoms with van der Waals surface area (Å²) < 4.78 is 5.66. The van der Waals surface area contributed by atoms with Crippen molar-refractivity contribution in [2.75, 3.05) is 19.0 Å². The number of nitrogens with one attached hydrogen (secondary N) is 2. The first-order valence-electron chi connectivity index (χ1n) is 12.1. The first-order valence-corrected chi connectivity index (χ1v) is 13.3. The molecule has 3 aromatic carbocycles. The third-order valence-corrected chi connectivity index (χ3v) is 8.55. The molecular weight excluding hydrogens is 496 g/mol. The highest BCUT2D eigenvalue weighted by molar-refractivity contribution is 7.98. The van der Waals surface area contributed by atoms with Crippen LogP contribution < -0.4 is 10.6 Å². The zero-order chi connectivity index (χ0) is 26.4. The Bertz CT molecular complexity index is 1310. The number of amides is 2. The summed E-state index contributed by atoms with van der Waals surface area (Å²) in [5.74, 6) is -1.66. The smallest absolute Gasteiger partial charge is 0.278 e. The molecule has 2 bridgehead atoms. The molecule has 2 amide bonds. The van der Waals surface area contributed by atoms with Gasteiger partial charge >= 0.3 is 0 Å². The molecule has 3 aromatic rings. The van der Waals surface area contributed by atoms with Gasteiger partial charge < -0.3 is 35.8 Å². The maximum absolute atomic E-state index is 13.1. The van der Waals surface area contributed by atoms with Gasteiger partial charge in [-0.1, -0.05) is 48.5 Å². The van der Waals surface area contributed by atoms with E-state index >= 15 is 0 Å². The molecule has 1 unspecified atom stereocenters. The number of hydrogen-bond donors (Lipinski definition) is 6. The normalized spacial score (nSPS) is 28.3. The number of aliphatic hydroxyl groups excluding tert-OH is 2. The molecule has 3 saturated heterocycles. The van der Waals surface area contributed by atoms with Gasteiger partial charge in [-0.25, -0.2) is 0 Å². The predicted octanol–water partition coefficient (Wildman–Crippen LogP) is 0.998. The highest BCUT2D eigenvalue weighted by Gasteiger charge is 2.64. The van der Waals surface area contributed by atoms with Crippen LogP contribution >= 0.6 is 11.8 Å². The van der Waals surface area contributed by atoms with Gasteiger partial charge in [0.2, 0.25) is 5.72 Å². The van der Waals surface area contributed by atoms with E-state index in [0.29, 0.717) is 11.5 Å². The van der Waals surface area contributed by atoms with Crippen LogP contribution in [0.5, 0.6) is 0 Å². The number of rotatable bonds is 7. The van der Waals surface area contributed by atoms with Gasteiger partial charge in [-0.2, -0.15) is 11.8 Å². The lowest BCUT2D eigenvalue weighted by atomic mass is 9.83. The van der Waals surface area contributed by atoms with Crippen LogP contribution in [0.4, 0.5) is 0 Å². The van der Waals surface area contributed by atoms with Gasteiger partial charge in [0.15, 0.2) is 0 Å². The number of thioether (sulfide) groups is 1. The second-order valence-corrected chi connectivity index (χ2v) is 11.0. The fraction of sp³-hybridized carbons (Fsp3) is 0.407. The Balaban J connectivity index is 1.38. The number of ether oxygens (including phenoxy) is 1. The van der Waals surface area contributed by atoms with Crippen molar-refractivity contribution in [1.82, 2.24) is 10.6 Å². The Hall–Kier alpha value is -2.73. The largest absolute Gasteiger partial charge is 0.393 e. The molecule has 0 saturated carbocycles. The van der Waals surface area contributed by atoms with E-state index in [1.165, 1.54) is 0 Å². The summed E-state index contributed by atoms with van der Waals surface area (Å²) in [6.45, 7) is 0.164. The summed E-state index contributed by atoms with van der Waals surface area (Å²) in [6.07, 6.45) is -1.77. The van der Waals surface area contributed by atoms with E-state index in [4.69, 9.17) is 4.74 Å². The van der Waals surface area contributed by atoms with Crippen molar-refractivity contribution in [2.24, 2.45) is 5.92 Å². The van der Waals surface area contributed by atoms with Crippen LogP contribution in [-0.4, -0.2) is 74.4 Å². The molecule has 196 valence electrons. The minimum Gasteiger partial charge on any atom is -0.393 e. The van der Waals surface area contributed by atoms with Gasteiger partial charge in [-0.3, -0.25) is 9.59 Å². The lowest BCUT2D eigenvalue weighted by Gasteiger charge is -2.51.